The van der Waals surface area contributed by atoms with Crippen molar-refractivity contribution in [2.24, 2.45) is 0 Å². The molecule has 0 unspecified atom stereocenters. The normalized spacial score (nSPS) is 13.2. The van der Waals surface area contributed by atoms with Gasteiger partial charge in [-0.3, -0.25) is 10.1 Å². The molecular formula is C19H17N2O3+. The molecule has 120 valence electrons. The predicted molar refractivity (Wildman–Crippen MR) is 89.3 cm³/mol. The average molecular weight is 321 g/mol. The number of hydrogen-bond donors (Lipinski definition) is 1. The smallest absolute Gasteiger partial charge is 0.275 e. The zero-order valence-electron chi connectivity index (χ0n) is 12.9. The minimum absolute atomic E-state index is 0.0811. The van der Waals surface area contributed by atoms with Gasteiger partial charge in [-0.1, -0.05) is 48.5 Å². The van der Waals surface area contributed by atoms with Crippen molar-refractivity contribution in [3.63, 3.8) is 0 Å². The van der Waals surface area contributed by atoms with Crippen molar-refractivity contribution in [2.45, 2.75) is 12.1 Å². The summed E-state index contributed by atoms with van der Waals surface area (Å²) >= 11 is 0. The zero-order valence-corrected chi connectivity index (χ0v) is 12.9. The molecule has 0 fully saturated rings. The van der Waals surface area contributed by atoms with Crippen LogP contribution in [0.5, 0.6) is 0 Å². The Kier molecular flexibility index (Phi) is 4.63. The number of nitrogens with zero attached hydrogens (tertiary/aromatic N) is 2. The van der Waals surface area contributed by atoms with Gasteiger partial charge in [-0.05, 0) is 6.07 Å². The molecule has 0 aliphatic carbocycles. The van der Waals surface area contributed by atoms with E-state index in [0.29, 0.717) is 5.56 Å². The quantitative estimate of drug-likeness (QED) is 0.446. The Balaban J connectivity index is 2.12. The highest BCUT2D eigenvalue weighted by molar-refractivity contribution is 5.42. The Morgan fingerprint density at radius 1 is 0.875 bits per heavy atom. The van der Waals surface area contributed by atoms with Crippen molar-refractivity contribution in [1.29, 1.82) is 0 Å². The van der Waals surface area contributed by atoms with Crippen molar-refractivity contribution < 1.29 is 14.6 Å². The second kappa shape index (κ2) is 7.02. The molecule has 0 radical (unpaired) electrons. The summed E-state index contributed by atoms with van der Waals surface area (Å²) in [5.74, 6) is 0. The first kappa shape index (κ1) is 15.8. The van der Waals surface area contributed by atoms with Crippen molar-refractivity contribution >= 4 is 5.69 Å². The van der Waals surface area contributed by atoms with Gasteiger partial charge in [0.2, 0.25) is 6.04 Å². The summed E-state index contributed by atoms with van der Waals surface area (Å²) in [5.41, 5.74) is 1.09. The van der Waals surface area contributed by atoms with Gasteiger partial charge in [0.25, 0.3) is 5.69 Å². The molecule has 0 bridgehead atoms. The molecule has 1 N–H and O–H groups in total. The second-order valence-electron chi connectivity index (χ2n) is 5.44. The van der Waals surface area contributed by atoms with E-state index in [1.165, 1.54) is 6.07 Å². The molecule has 3 rings (SSSR count). The number of benzene rings is 2. The van der Waals surface area contributed by atoms with Crippen LogP contribution in [0.3, 0.4) is 0 Å². The minimum atomic E-state index is -1.05. The van der Waals surface area contributed by atoms with Gasteiger partial charge in [-0.25, -0.2) is 0 Å². The van der Waals surface area contributed by atoms with Gasteiger partial charge in [0.1, 0.15) is 0 Å². The Morgan fingerprint density at radius 2 is 1.46 bits per heavy atom. The van der Waals surface area contributed by atoms with Crippen LogP contribution < -0.4 is 4.57 Å². The van der Waals surface area contributed by atoms with Gasteiger partial charge in [0.05, 0.1) is 10.5 Å². The number of aliphatic hydroxyl groups excluding tert-OH is 1. The number of pyridine rings is 1. The number of aliphatic hydroxyl groups is 1. The number of rotatable bonds is 5. The Labute approximate surface area is 139 Å². The Morgan fingerprint density at radius 3 is 2.12 bits per heavy atom. The summed E-state index contributed by atoms with van der Waals surface area (Å²) in [6.07, 6.45) is 2.63. The van der Waals surface area contributed by atoms with Crippen LogP contribution in [0, 0.1) is 10.1 Å². The molecule has 5 nitrogen and oxygen atoms in total. The van der Waals surface area contributed by atoms with E-state index in [9.17, 15) is 15.2 Å². The molecule has 0 aliphatic rings. The molecule has 0 spiro atoms. The third kappa shape index (κ3) is 3.16. The second-order valence-corrected chi connectivity index (χ2v) is 5.44. The molecule has 3 aromatic rings. The van der Waals surface area contributed by atoms with E-state index in [4.69, 9.17) is 0 Å². The zero-order chi connectivity index (χ0) is 16.9. The molecule has 1 aromatic heterocycles. The number of nitro groups is 1. The third-order valence-electron chi connectivity index (χ3n) is 3.95. The van der Waals surface area contributed by atoms with Crippen molar-refractivity contribution in [1.82, 2.24) is 0 Å². The summed E-state index contributed by atoms with van der Waals surface area (Å²) in [6, 6.07) is 20.9. The molecular weight excluding hydrogens is 304 g/mol. The van der Waals surface area contributed by atoms with Crippen LogP contribution in [-0.4, -0.2) is 10.0 Å². The lowest BCUT2D eigenvalue weighted by Crippen LogP contribution is -2.42. The summed E-state index contributed by atoms with van der Waals surface area (Å²) in [6.45, 7) is 0. The van der Waals surface area contributed by atoms with E-state index in [1.54, 1.807) is 18.2 Å². The fourth-order valence-corrected chi connectivity index (χ4v) is 2.84. The highest BCUT2D eigenvalue weighted by atomic mass is 16.6. The van der Waals surface area contributed by atoms with Gasteiger partial charge in [0, 0.05) is 23.8 Å². The van der Waals surface area contributed by atoms with Gasteiger partial charge in [0.15, 0.2) is 18.5 Å². The molecule has 0 saturated heterocycles. The first-order chi connectivity index (χ1) is 11.7. The fourth-order valence-electron chi connectivity index (χ4n) is 2.84. The molecule has 24 heavy (non-hydrogen) atoms. The number of para-hydroxylation sites is 1. The SMILES string of the molecule is O=[N+]([O-])c1ccccc1[C@H](O)[C@H](c1ccccc1)[n+]1ccccc1. The standard InChI is InChI=1S/C19H17N2O3/c22-19(16-11-5-6-12-17(16)21(23)24)18(15-9-3-1-4-10-15)20-13-7-2-8-14-20/h1-14,18-19,22H/q+1/t18-,19-/m0/s1. The van der Waals surface area contributed by atoms with Crippen LogP contribution >= 0.6 is 0 Å². The average Bonchev–Trinajstić information content (AvgIpc) is 2.63. The van der Waals surface area contributed by atoms with Gasteiger partial charge in [-0.2, -0.15) is 4.57 Å². The summed E-state index contributed by atoms with van der Waals surface area (Å²) in [5, 5.41) is 22.3. The molecule has 1 heterocycles. The highest BCUT2D eigenvalue weighted by Crippen LogP contribution is 2.33. The highest BCUT2D eigenvalue weighted by Gasteiger charge is 2.34. The summed E-state index contributed by atoms with van der Waals surface area (Å²) < 4.78 is 1.86. The topological polar surface area (TPSA) is 67.2 Å². The summed E-state index contributed by atoms with van der Waals surface area (Å²) in [4.78, 5) is 10.8. The number of hydrogen-bond acceptors (Lipinski definition) is 3. The van der Waals surface area contributed by atoms with Gasteiger partial charge in [-0.15, -0.1) is 0 Å². The molecule has 0 saturated carbocycles. The molecule has 0 amide bonds. The van der Waals surface area contributed by atoms with Crippen LogP contribution in [0.1, 0.15) is 23.3 Å². The summed E-state index contributed by atoms with van der Waals surface area (Å²) in [7, 11) is 0. The Hall–Kier alpha value is -3.05. The van der Waals surface area contributed by atoms with E-state index < -0.39 is 17.1 Å². The maximum absolute atomic E-state index is 11.3. The van der Waals surface area contributed by atoms with Gasteiger partial charge >= 0.3 is 0 Å². The van der Waals surface area contributed by atoms with E-state index >= 15 is 0 Å². The predicted octanol–water partition coefficient (Wildman–Crippen LogP) is 3.21. The van der Waals surface area contributed by atoms with Crippen molar-refractivity contribution in [3.8, 4) is 0 Å². The fraction of sp³-hybridized carbons (Fsp3) is 0.105. The maximum Gasteiger partial charge on any atom is 0.275 e. The first-order valence-corrected chi connectivity index (χ1v) is 7.60. The monoisotopic (exact) mass is 321 g/mol. The third-order valence-corrected chi connectivity index (χ3v) is 3.95. The molecule has 2 atom stereocenters. The van der Waals surface area contributed by atoms with Crippen LogP contribution in [0.15, 0.2) is 85.2 Å². The van der Waals surface area contributed by atoms with E-state index in [-0.39, 0.29) is 5.69 Å². The van der Waals surface area contributed by atoms with Crippen molar-refractivity contribution in [3.05, 3.63) is 106 Å². The molecule has 5 heteroatoms. The van der Waals surface area contributed by atoms with Crippen LogP contribution in [0.4, 0.5) is 5.69 Å². The van der Waals surface area contributed by atoms with E-state index in [2.05, 4.69) is 0 Å². The minimum Gasteiger partial charge on any atom is -0.381 e. The lowest BCUT2D eigenvalue weighted by molar-refractivity contribution is -0.722. The largest absolute Gasteiger partial charge is 0.381 e. The molecule has 0 aliphatic heterocycles. The van der Waals surface area contributed by atoms with E-state index in [0.717, 1.165) is 5.56 Å². The first-order valence-electron chi connectivity index (χ1n) is 7.60. The number of aromatic nitrogens is 1. The van der Waals surface area contributed by atoms with Crippen LogP contribution in [0.25, 0.3) is 0 Å². The maximum atomic E-state index is 11.3. The Bertz CT molecular complexity index is 783. The lowest BCUT2D eigenvalue weighted by Gasteiger charge is -2.19. The van der Waals surface area contributed by atoms with Crippen LogP contribution in [-0.2, 0) is 0 Å². The van der Waals surface area contributed by atoms with Crippen molar-refractivity contribution in [2.75, 3.05) is 0 Å². The van der Waals surface area contributed by atoms with E-state index in [1.807, 2.05) is 65.5 Å². The van der Waals surface area contributed by atoms with Crippen LogP contribution in [0.2, 0.25) is 0 Å². The number of nitro benzene ring substituents is 1. The molecule has 2 aromatic carbocycles. The lowest BCUT2D eigenvalue weighted by atomic mass is 9.94. The van der Waals surface area contributed by atoms with Gasteiger partial charge < -0.3 is 5.11 Å².